The average Bonchev–Trinajstić information content (AvgIpc) is 2.63. The van der Waals surface area contributed by atoms with Crippen LogP contribution in [0.1, 0.15) is 37.8 Å². The Bertz CT molecular complexity index is 754. The second-order valence-corrected chi connectivity index (χ2v) is 7.92. The molecule has 128 valence electrons. The molecular formula is C19H24NO3S+. The zero-order valence-corrected chi connectivity index (χ0v) is 14.8. The van der Waals surface area contributed by atoms with Crippen molar-refractivity contribution in [3.8, 4) is 0 Å². The van der Waals surface area contributed by atoms with Crippen molar-refractivity contribution in [1.29, 1.82) is 0 Å². The van der Waals surface area contributed by atoms with Gasteiger partial charge >= 0.3 is 10.1 Å². The molecule has 0 spiro atoms. The summed E-state index contributed by atoms with van der Waals surface area (Å²) in [5, 5.41) is 0. The number of quaternary nitrogens is 1. The molecule has 0 amide bonds. The summed E-state index contributed by atoms with van der Waals surface area (Å²) < 4.78 is 31.6. The van der Waals surface area contributed by atoms with Crippen LogP contribution in [0.2, 0.25) is 0 Å². The minimum absolute atomic E-state index is 0.0370. The van der Waals surface area contributed by atoms with E-state index in [1.54, 1.807) is 30.3 Å². The van der Waals surface area contributed by atoms with Gasteiger partial charge in [-0.15, -0.1) is 0 Å². The molecule has 0 aliphatic carbocycles. The summed E-state index contributed by atoms with van der Waals surface area (Å²) in [6, 6.07) is 18.4. The Kier molecular flexibility index (Phi) is 5.04. The van der Waals surface area contributed by atoms with Crippen LogP contribution in [0.3, 0.4) is 0 Å². The maximum Gasteiger partial charge on any atom is 0.342 e. The number of benzene rings is 2. The van der Waals surface area contributed by atoms with Crippen LogP contribution in [-0.4, -0.2) is 26.2 Å². The van der Waals surface area contributed by atoms with Crippen LogP contribution in [-0.2, 0) is 14.4 Å². The third-order valence-electron chi connectivity index (χ3n) is 4.84. The summed E-state index contributed by atoms with van der Waals surface area (Å²) in [5.41, 5.74) is 1.10. The predicted octanol–water partition coefficient (Wildman–Crippen LogP) is 4.07. The van der Waals surface area contributed by atoms with E-state index in [-0.39, 0.29) is 15.6 Å². The van der Waals surface area contributed by atoms with Crippen LogP contribution >= 0.6 is 0 Å². The molecule has 1 atom stereocenters. The fraction of sp³-hybridized carbons (Fsp3) is 0.368. The molecule has 2 aromatic carbocycles. The third kappa shape index (κ3) is 3.53. The Hall–Kier alpha value is -1.69. The lowest BCUT2D eigenvalue weighted by atomic mass is 10.0. The van der Waals surface area contributed by atoms with Crippen molar-refractivity contribution < 1.29 is 17.3 Å². The van der Waals surface area contributed by atoms with Crippen molar-refractivity contribution in [1.82, 2.24) is 0 Å². The van der Waals surface area contributed by atoms with E-state index in [4.69, 9.17) is 4.28 Å². The van der Waals surface area contributed by atoms with Gasteiger partial charge in [0, 0.05) is 5.56 Å². The smallest absolute Gasteiger partial charge is 0.189 e. The molecule has 1 unspecified atom stereocenters. The highest BCUT2D eigenvalue weighted by atomic mass is 32.2. The van der Waals surface area contributed by atoms with E-state index in [1.807, 2.05) is 30.3 Å². The number of hydrogen-bond acceptors (Lipinski definition) is 3. The summed E-state index contributed by atoms with van der Waals surface area (Å²) in [6.45, 7) is 3.48. The first-order valence-corrected chi connectivity index (χ1v) is 9.87. The van der Waals surface area contributed by atoms with E-state index in [0.29, 0.717) is 13.1 Å². The zero-order valence-electron chi connectivity index (χ0n) is 14.0. The second-order valence-electron chi connectivity index (χ2n) is 6.39. The van der Waals surface area contributed by atoms with Gasteiger partial charge in [-0.2, -0.15) is 13.1 Å². The monoisotopic (exact) mass is 346 g/mol. The van der Waals surface area contributed by atoms with Gasteiger partial charge in [0.1, 0.15) is 19.1 Å². The lowest BCUT2D eigenvalue weighted by molar-refractivity contribution is -1.10. The van der Waals surface area contributed by atoms with Crippen LogP contribution in [0.15, 0.2) is 65.6 Å². The van der Waals surface area contributed by atoms with Crippen molar-refractivity contribution in [2.75, 3.05) is 13.1 Å². The first-order chi connectivity index (χ1) is 11.5. The molecule has 4 nitrogen and oxygen atoms in total. The van der Waals surface area contributed by atoms with E-state index in [2.05, 4.69) is 6.92 Å². The van der Waals surface area contributed by atoms with Crippen LogP contribution in [0.5, 0.6) is 0 Å². The molecule has 1 fully saturated rings. The van der Waals surface area contributed by atoms with Gasteiger partial charge in [-0.1, -0.05) is 52.8 Å². The number of rotatable bonds is 5. The molecular weight excluding hydrogens is 322 g/mol. The molecule has 1 aliphatic rings. The minimum Gasteiger partial charge on any atom is -0.189 e. The lowest BCUT2D eigenvalue weighted by Crippen LogP contribution is -2.53. The van der Waals surface area contributed by atoms with Gasteiger partial charge in [-0.3, -0.25) is 0 Å². The quantitative estimate of drug-likeness (QED) is 0.767. The van der Waals surface area contributed by atoms with E-state index < -0.39 is 10.1 Å². The number of hydroxylamine groups is 3. The van der Waals surface area contributed by atoms with Gasteiger partial charge < -0.3 is 0 Å². The molecule has 24 heavy (non-hydrogen) atoms. The molecule has 1 saturated heterocycles. The summed E-state index contributed by atoms with van der Waals surface area (Å²) in [4.78, 5) is 0.216. The van der Waals surface area contributed by atoms with Gasteiger partial charge in [-0.05, 0) is 38.3 Å². The molecule has 1 aliphatic heterocycles. The molecule has 0 bridgehead atoms. The maximum absolute atomic E-state index is 12.8. The number of piperidine rings is 1. The normalized spacial score (nSPS) is 18.9. The molecule has 0 aromatic heterocycles. The molecule has 1 heterocycles. The summed E-state index contributed by atoms with van der Waals surface area (Å²) >= 11 is 0. The zero-order chi connectivity index (χ0) is 17.0. The summed E-state index contributed by atoms with van der Waals surface area (Å²) in [5.74, 6) is 0. The summed E-state index contributed by atoms with van der Waals surface area (Å²) in [7, 11) is -3.80. The molecule has 3 rings (SSSR count). The van der Waals surface area contributed by atoms with Crippen molar-refractivity contribution >= 4 is 10.1 Å². The summed E-state index contributed by atoms with van der Waals surface area (Å²) in [6.07, 6.45) is 3.07. The highest BCUT2D eigenvalue weighted by Gasteiger charge is 2.43. The van der Waals surface area contributed by atoms with E-state index in [9.17, 15) is 8.42 Å². The van der Waals surface area contributed by atoms with Gasteiger partial charge in [0.05, 0.1) is 4.90 Å². The lowest BCUT2D eigenvalue weighted by Gasteiger charge is -2.41. The fourth-order valence-corrected chi connectivity index (χ4v) is 4.65. The Balaban J connectivity index is 1.95. The molecule has 0 N–H and O–H groups in total. The van der Waals surface area contributed by atoms with E-state index in [0.717, 1.165) is 24.8 Å². The Morgan fingerprint density at radius 2 is 1.42 bits per heavy atom. The highest BCUT2D eigenvalue weighted by Crippen LogP contribution is 2.35. The van der Waals surface area contributed by atoms with Gasteiger partial charge in [0.2, 0.25) is 0 Å². The van der Waals surface area contributed by atoms with Gasteiger partial charge in [0.25, 0.3) is 0 Å². The Labute approximate surface area is 144 Å². The Morgan fingerprint density at radius 1 is 0.875 bits per heavy atom. The van der Waals surface area contributed by atoms with Crippen molar-refractivity contribution in [3.05, 3.63) is 66.2 Å². The molecule has 0 radical (unpaired) electrons. The van der Waals surface area contributed by atoms with Crippen LogP contribution in [0.4, 0.5) is 0 Å². The second kappa shape index (κ2) is 7.05. The third-order valence-corrected chi connectivity index (χ3v) is 6.18. The van der Waals surface area contributed by atoms with Crippen molar-refractivity contribution in [2.45, 2.75) is 37.1 Å². The number of hydrogen-bond donors (Lipinski definition) is 0. The van der Waals surface area contributed by atoms with Crippen molar-refractivity contribution in [3.63, 3.8) is 0 Å². The topological polar surface area (TPSA) is 43.4 Å². The molecule has 5 heteroatoms. The number of likely N-dealkylation sites (tertiary alicyclic amines) is 1. The molecule has 2 aromatic rings. The SMILES string of the molecule is CC(c1ccccc1)[N+]1(OS(=O)(=O)c2ccccc2)CCCCC1. The van der Waals surface area contributed by atoms with Crippen LogP contribution in [0.25, 0.3) is 0 Å². The van der Waals surface area contributed by atoms with Gasteiger partial charge in [-0.25, -0.2) is 0 Å². The largest absolute Gasteiger partial charge is 0.342 e. The first kappa shape index (κ1) is 17.1. The van der Waals surface area contributed by atoms with Crippen molar-refractivity contribution in [2.24, 2.45) is 0 Å². The predicted molar refractivity (Wildman–Crippen MR) is 93.4 cm³/mol. The highest BCUT2D eigenvalue weighted by molar-refractivity contribution is 7.86. The maximum atomic E-state index is 12.8. The van der Waals surface area contributed by atoms with Crippen LogP contribution in [0, 0.1) is 0 Å². The number of nitrogens with zero attached hydrogens (tertiary/aromatic N) is 1. The molecule has 0 saturated carbocycles. The minimum atomic E-state index is -3.80. The van der Waals surface area contributed by atoms with E-state index in [1.165, 1.54) is 0 Å². The Morgan fingerprint density at radius 3 is 2.00 bits per heavy atom. The van der Waals surface area contributed by atoms with Crippen LogP contribution < -0.4 is 0 Å². The standard InChI is InChI=1S/C19H24NO3S/c1-17(18-11-5-2-6-12-18)20(15-9-4-10-16-20)23-24(21,22)19-13-7-3-8-14-19/h2-3,5-8,11-14,17H,4,9-10,15-16H2,1H3/q+1. The fourth-order valence-electron chi connectivity index (χ4n) is 3.40. The van der Waals surface area contributed by atoms with Gasteiger partial charge in [0.15, 0.2) is 0 Å². The first-order valence-electron chi connectivity index (χ1n) is 8.46. The average molecular weight is 346 g/mol. The van der Waals surface area contributed by atoms with E-state index >= 15 is 0 Å².